The Bertz CT molecular complexity index is 492. The minimum absolute atomic E-state index is 0.102. The third kappa shape index (κ3) is 28.9. The van der Waals surface area contributed by atoms with E-state index in [9.17, 15) is 9.90 Å². The number of aliphatic carboxylic acids is 1. The molecule has 0 aliphatic rings. The summed E-state index contributed by atoms with van der Waals surface area (Å²) in [5.41, 5.74) is 0. The second-order valence-corrected chi connectivity index (χ2v) is 12.9. The summed E-state index contributed by atoms with van der Waals surface area (Å²) in [6.07, 6.45) is 40.6. The van der Waals surface area contributed by atoms with Gasteiger partial charge in [0.05, 0.1) is 12.0 Å². The normalized spacial score (nSPS) is 13.1. The zero-order valence-corrected chi connectivity index (χ0v) is 27.8. The molecular weight excluding hydrogens is 492 g/mol. The molecule has 0 aromatic rings. The predicted octanol–water partition coefficient (Wildman–Crippen LogP) is 12.8. The highest BCUT2D eigenvalue weighted by Gasteiger charge is 2.22. The molecule has 0 bridgehead atoms. The van der Waals surface area contributed by atoms with Crippen molar-refractivity contribution in [3.05, 3.63) is 0 Å². The van der Waals surface area contributed by atoms with Gasteiger partial charge < -0.3 is 9.84 Å². The van der Waals surface area contributed by atoms with E-state index >= 15 is 0 Å². The van der Waals surface area contributed by atoms with Gasteiger partial charge in [-0.2, -0.15) is 0 Å². The standard InChI is InChI=1S/C37H74O3/c1-4-6-8-10-12-14-16-18-19-20-21-22-24-26-28-30-32-35(37(38)39)34-36(40-3)33-31-29-27-25-23-17-15-13-11-9-7-5-2/h35-36H,4-34H2,1-3H3,(H,38,39). The van der Waals surface area contributed by atoms with Crippen LogP contribution in [0.1, 0.15) is 213 Å². The van der Waals surface area contributed by atoms with Crippen LogP contribution in [0.4, 0.5) is 0 Å². The van der Waals surface area contributed by atoms with E-state index in [1.165, 1.54) is 173 Å². The van der Waals surface area contributed by atoms with Crippen LogP contribution in [0, 0.1) is 5.92 Å². The summed E-state index contributed by atoms with van der Waals surface area (Å²) in [7, 11) is 1.76. The average molecular weight is 567 g/mol. The van der Waals surface area contributed by atoms with Crippen molar-refractivity contribution in [1.82, 2.24) is 0 Å². The first-order chi connectivity index (χ1) is 19.7. The Labute approximate surface area is 252 Å². The minimum atomic E-state index is -0.627. The summed E-state index contributed by atoms with van der Waals surface area (Å²) >= 11 is 0. The highest BCUT2D eigenvalue weighted by atomic mass is 16.5. The Morgan fingerprint density at radius 3 is 1.02 bits per heavy atom. The Hall–Kier alpha value is -0.570. The van der Waals surface area contributed by atoms with Gasteiger partial charge in [0.1, 0.15) is 0 Å². The molecule has 0 aromatic carbocycles. The van der Waals surface area contributed by atoms with Crippen molar-refractivity contribution in [2.24, 2.45) is 5.92 Å². The van der Waals surface area contributed by atoms with Crippen molar-refractivity contribution in [2.75, 3.05) is 7.11 Å². The number of rotatable bonds is 34. The summed E-state index contributed by atoms with van der Waals surface area (Å²) in [5, 5.41) is 9.76. The van der Waals surface area contributed by atoms with Gasteiger partial charge in [-0.15, -0.1) is 0 Å². The molecule has 3 nitrogen and oxygen atoms in total. The van der Waals surface area contributed by atoms with Gasteiger partial charge in [0.2, 0.25) is 0 Å². The molecule has 0 aliphatic heterocycles. The fourth-order valence-electron chi connectivity index (χ4n) is 6.14. The number of carbonyl (C=O) groups is 1. The van der Waals surface area contributed by atoms with Crippen molar-refractivity contribution in [3.8, 4) is 0 Å². The smallest absolute Gasteiger partial charge is 0.306 e. The average Bonchev–Trinajstić information content (AvgIpc) is 2.95. The van der Waals surface area contributed by atoms with Crippen molar-refractivity contribution >= 4 is 5.97 Å². The van der Waals surface area contributed by atoms with Gasteiger partial charge in [-0.1, -0.05) is 194 Å². The second kappa shape index (κ2) is 32.9. The number of carboxylic acids is 1. The van der Waals surface area contributed by atoms with E-state index in [0.29, 0.717) is 6.42 Å². The SMILES string of the molecule is CCCCCCCCCCCCCCCCCCC(CC(CCCCCCCCCCCCCC)OC)C(=O)O. The first-order valence-electron chi connectivity index (χ1n) is 18.4. The fourth-order valence-corrected chi connectivity index (χ4v) is 6.14. The van der Waals surface area contributed by atoms with Crippen molar-refractivity contribution in [2.45, 2.75) is 219 Å². The molecule has 0 saturated carbocycles. The third-order valence-electron chi connectivity index (χ3n) is 9.02. The summed E-state index contributed by atoms with van der Waals surface area (Å²) in [5.74, 6) is -0.869. The van der Waals surface area contributed by atoms with Gasteiger partial charge in [-0.25, -0.2) is 0 Å². The van der Waals surface area contributed by atoms with Crippen LogP contribution in [0.2, 0.25) is 0 Å². The first-order valence-corrected chi connectivity index (χ1v) is 18.4. The Kier molecular flexibility index (Phi) is 32.5. The third-order valence-corrected chi connectivity index (χ3v) is 9.02. The fraction of sp³-hybridized carbons (Fsp3) is 0.973. The minimum Gasteiger partial charge on any atom is -0.481 e. The van der Waals surface area contributed by atoms with E-state index < -0.39 is 5.97 Å². The van der Waals surface area contributed by atoms with Crippen LogP contribution in [0.3, 0.4) is 0 Å². The van der Waals surface area contributed by atoms with Crippen molar-refractivity contribution in [1.29, 1.82) is 0 Å². The van der Waals surface area contributed by atoms with Crippen LogP contribution in [0.25, 0.3) is 0 Å². The summed E-state index contributed by atoms with van der Waals surface area (Å²) in [4.78, 5) is 11.9. The second-order valence-electron chi connectivity index (χ2n) is 12.9. The van der Waals surface area contributed by atoms with E-state index in [2.05, 4.69) is 13.8 Å². The van der Waals surface area contributed by atoms with E-state index in [4.69, 9.17) is 4.74 Å². The number of hydrogen-bond donors (Lipinski definition) is 1. The Morgan fingerprint density at radius 1 is 0.475 bits per heavy atom. The van der Waals surface area contributed by atoms with Gasteiger partial charge >= 0.3 is 5.97 Å². The molecule has 0 saturated heterocycles. The van der Waals surface area contributed by atoms with E-state index in [1.54, 1.807) is 7.11 Å². The zero-order valence-electron chi connectivity index (χ0n) is 27.8. The van der Waals surface area contributed by atoms with Gasteiger partial charge in [-0.3, -0.25) is 4.79 Å². The lowest BCUT2D eigenvalue weighted by Crippen LogP contribution is -2.22. The van der Waals surface area contributed by atoms with Gasteiger partial charge in [0, 0.05) is 7.11 Å². The first kappa shape index (κ1) is 39.4. The van der Waals surface area contributed by atoms with Crippen LogP contribution in [0.5, 0.6) is 0 Å². The number of unbranched alkanes of at least 4 members (excludes halogenated alkanes) is 26. The molecular formula is C37H74O3. The maximum Gasteiger partial charge on any atom is 0.306 e. The summed E-state index contributed by atoms with van der Waals surface area (Å²) in [6.45, 7) is 4.57. The molecule has 0 aliphatic carbocycles. The molecule has 0 fully saturated rings. The van der Waals surface area contributed by atoms with Crippen LogP contribution in [-0.4, -0.2) is 24.3 Å². The molecule has 0 heterocycles. The van der Waals surface area contributed by atoms with Gasteiger partial charge in [0.15, 0.2) is 0 Å². The lowest BCUT2D eigenvalue weighted by atomic mass is 9.92. The molecule has 40 heavy (non-hydrogen) atoms. The molecule has 0 rings (SSSR count). The molecule has 2 unspecified atom stereocenters. The highest BCUT2D eigenvalue weighted by Crippen LogP contribution is 2.22. The van der Waals surface area contributed by atoms with E-state index in [-0.39, 0.29) is 12.0 Å². The molecule has 2 atom stereocenters. The number of hydrogen-bond acceptors (Lipinski definition) is 2. The monoisotopic (exact) mass is 567 g/mol. The topological polar surface area (TPSA) is 46.5 Å². The largest absolute Gasteiger partial charge is 0.481 e. The van der Waals surface area contributed by atoms with Crippen LogP contribution >= 0.6 is 0 Å². The maximum absolute atomic E-state index is 11.9. The highest BCUT2D eigenvalue weighted by molar-refractivity contribution is 5.69. The molecule has 3 heteroatoms. The molecule has 0 aromatic heterocycles. The number of ether oxygens (including phenoxy) is 1. The lowest BCUT2D eigenvalue weighted by Gasteiger charge is -2.20. The quantitative estimate of drug-likeness (QED) is 0.0788. The van der Waals surface area contributed by atoms with Crippen LogP contribution in [-0.2, 0) is 9.53 Å². The molecule has 0 spiro atoms. The molecule has 240 valence electrons. The molecule has 0 radical (unpaired) electrons. The summed E-state index contributed by atoms with van der Waals surface area (Å²) in [6, 6.07) is 0. The lowest BCUT2D eigenvalue weighted by molar-refractivity contribution is -0.143. The van der Waals surface area contributed by atoms with Gasteiger partial charge in [-0.05, 0) is 19.3 Å². The van der Waals surface area contributed by atoms with Crippen molar-refractivity contribution in [3.63, 3.8) is 0 Å². The number of methoxy groups -OCH3 is 1. The Balaban J connectivity index is 3.64. The van der Waals surface area contributed by atoms with E-state index in [0.717, 1.165) is 19.3 Å². The Morgan fingerprint density at radius 2 is 0.750 bits per heavy atom. The van der Waals surface area contributed by atoms with Crippen LogP contribution < -0.4 is 0 Å². The van der Waals surface area contributed by atoms with Crippen LogP contribution in [0.15, 0.2) is 0 Å². The zero-order chi connectivity index (χ0) is 29.4. The number of carboxylic acid groups (broad SMARTS) is 1. The van der Waals surface area contributed by atoms with Gasteiger partial charge in [0.25, 0.3) is 0 Å². The van der Waals surface area contributed by atoms with Crippen molar-refractivity contribution < 1.29 is 14.6 Å². The predicted molar refractivity (Wildman–Crippen MR) is 176 cm³/mol. The molecule has 1 N–H and O–H groups in total. The summed E-state index contributed by atoms with van der Waals surface area (Å²) < 4.78 is 5.70. The maximum atomic E-state index is 11.9. The van der Waals surface area contributed by atoms with E-state index in [1.807, 2.05) is 0 Å². The molecule has 0 amide bonds.